The Bertz CT molecular complexity index is 943. The molecule has 0 saturated carbocycles. The molecule has 25 heavy (non-hydrogen) atoms. The van der Waals surface area contributed by atoms with E-state index in [4.69, 9.17) is 0 Å². The second kappa shape index (κ2) is 7.30. The molecular formula is C20H21N3O2. The third-order valence-electron chi connectivity index (χ3n) is 3.97. The van der Waals surface area contributed by atoms with Crippen molar-refractivity contribution in [3.05, 3.63) is 76.3 Å². The van der Waals surface area contributed by atoms with Crippen molar-refractivity contribution in [3.63, 3.8) is 0 Å². The highest BCUT2D eigenvalue weighted by molar-refractivity contribution is 5.94. The number of aromatic nitrogens is 2. The van der Waals surface area contributed by atoms with E-state index in [1.165, 1.54) is 0 Å². The molecule has 0 saturated heterocycles. The molecule has 0 aliphatic carbocycles. The van der Waals surface area contributed by atoms with E-state index >= 15 is 0 Å². The van der Waals surface area contributed by atoms with Gasteiger partial charge in [-0.3, -0.25) is 14.2 Å². The van der Waals surface area contributed by atoms with Gasteiger partial charge in [0, 0.05) is 12.1 Å². The molecule has 0 unspecified atom stereocenters. The molecule has 0 fully saturated rings. The number of carbonyl (C=O) groups is 1. The van der Waals surface area contributed by atoms with Gasteiger partial charge in [0.25, 0.3) is 11.5 Å². The lowest BCUT2D eigenvalue weighted by Crippen LogP contribution is -2.27. The van der Waals surface area contributed by atoms with Crippen LogP contribution in [0, 0.1) is 5.92 Å². The fourth-order valence-corrected chi connectivity index (χ4v) is 2.58. The molecule has 0 radical (unpaired) electrons. The first-order valence-electron chi connectivity index (χ1n) is 8.36. The van der Waals surface area contributed by atoms with E-state index in [0.29, 0.717) is 35.5 Å². The number of nitrogens with one attached hydrogen (secondary N) is 1. The minimum absolute atomic E-state index is 0.0654. The van der Waals surface area contributed by atoms with E-state index < -0.39 is 0 Å². The fourth-order valence-electron chi connectivity index (χ4n) is 2.58. The monoisotopic (exact) mass is 335 g/mol. The van der Waals surface area contributed by atoms with Crippen molar-refractivity contribution in [3.8, 4) is 0 Å². The number of carbonyl (C=O) groups excluding carboxylic acids is 1. The maximum Gasteiger partial charge on any atom is 0.261 e. The van der Waals surface area contributed by atoms with Gasteiger partial charge in [0.2, 0.25) is 0 Å². The van der Waals surface area contributed by atoms with Gasteiger partial charge in [-0.15, -0.1) is 0 Å². The van der Waals surface area contributed by atoms with Crippen LogP contribution in [0.2, 0.25) is 0 Å². The van der Waals surface area contributed by atoms with Crippen LogP contribution < -0.4 is 10.9 Å². The van der Waals surface area contributed by atoms with Crippen molar-refractivity contribution in [1.82, 2.24) is 14.9 Å². The zero-order valence-corrected chi connectivity index (χ0v) is 14.4. The first kappa shape index (κ1) is 16.9. The van der Waals surface area contributed by atoms with Gasteiger partial charge < -0.3 is 5.32 Å². The SMILES string of the molecule is CC(C)CNC(=O)c1ccc(Cn2cnc3ccccc3c2=O)cc1. The Morgan fingerprint density at radius 3 is 2.56 bits per heavy atom. The molecular weight excluding hydrogens is 314 g/mol. The second-order valence-corrected chi connectivity index (χ2v) is 6.50. The van der Waals surface area contributed by atoms with Crippen molar-refractivity contribution in [2.24, 2.45) is 5.92 Å². The van der Waals surface area contributed by atoms with Gasteiger partial charge in [-0.1, -0.05) is 38.1 Å². The number of hydrogen-bond acceptors (Lipinski definition) is 3. The highest BCUT2D eigenvalue weighted by Crippen LogP contribution is 2.08. The number of fused-ring (bicyclic) bond motifs is 1. The van der Waals surface area contributed by atoms with Crippen LogP contribution in [0.25, 0.3) is 10.9 Å². The van der Waals surface area contributed by atoms with Crippen LogP contribution >= 0.6 is 0 Å². The lowest BCUT2D eigenvalue weighted by atomic mass is 10.1. The predicted octanol–water partition coefficient (Wildman–Crippen LogP) is 2.83. The largest absolute Gasteiger partial charge is 0.352 e. The Hall–Kier alpha value is -2.95. The van der Waals surface area contributed by atoms with Crippen LogP contribution in [0.3, 0.4) is 0 Å². The maximum absolute atomic E-state index is 12.5. The lowest BCUT2D eigenvalue weighted by Gasteiger charge is -2.09. The van der Waals surface area contributed by atoms with Gasteiger partial charge >= 0.3 is 0 Å². The summed E-state index contributed by atoms with van der Waals surface area (Å²) in [5.41, 5.74) is 2.19. The third kappa shape index (κ3) is 3.94. The molecule has 0 spiro atoms. The van der Waals surface area contributed by atoms with E-state index in [-0.39, 0.29) is 11.5 Å². The number of benzene rings is 2. The van der Waals surface area contributed by atoms with Gasteiger partial charge in [-0.2, -0.15) is 0 Å². The third-order valence-corrected chi connectivity index (χ3v) is 3.97. The van der Waals surface area contributed by atoms with Crippen LogP contribution in [0.5, 0.6) is 0 Å². The molecule has 3 rings (SSSR count). The summed E-state index contributed by atoms with van der Waals surface area (Å²) in [6, 6.07) is 14.6. The highest BCUT2D eigenvalue weighted by atomic mass is 16.1. The smallest absolute Gasteiger partial charge is 0.261 e. The number of nitrogens with zero attached hydrogens (tertiary/aromatic N) is 2. The summed E-state index contributed by atoms with van der Waals surface area (Å²) >= 11 is 0. The van der Waals surface area contributed by atoms with Gasteiger partial charge in [-0.25, -0.2) is 4.98 Å². The quantitative estimate of drug-likeness (QED) is 0.780. The topological polar surface area (TPSA) is 64.0 Å². The first-order valence-corrected chi connectivity index (χ1v) is 8.36. The number of para-hydroxylation sites is 1. The van der Waals surface area contributed by atoms with E-state index in [2.05, 4.69) is 24.1 Å². The van der Waals surface area contributed by atoms with Crippen LogP contribution in [0.15, 0.2) is 59.7 Å². The molecule has 3 aromatic rings. The standard InChI is InChI=1S/C20H21N3O2/c1-14(2)11-21-19(24)16-9-7-15(8-10-16)12-23-13-22-18-6-4-3-5-17(18)20(23)25/h3-10,13-14H,11-12H2,1-2H3,(H,21,24). The minimum atomic E-state index is -0.0789. The van der Waals surface area contributed by atoms with Crippen LogP contribution in [-0.4, -0.2) is 22.0 Å². The molecule has 1 amide bonds. The highest BCUT2D eigenvalue weighted by Gasteiger charge is 2.07. The van der Waals surface area contributed by atoms with Crippen molar-refractivity contribution in [1.29, 1.82) is 0 Å². The summed E-state index contributed by atoms with van der Waals surface area (Å²) in [5, 5.41) is 3.50. The van der Waals surface area contributed by atoms with Gasteiger partial charge in [0.15, 0.2) is 0 Å². The van der Waals surface area contributed by atoms with E-state index in [0.717, 1.165) is 5.56 Å². The molecule has 0 aliphatic heterocycles. The Morgan fingerprint density at radius 1 is 1.12 bits per heavy atom. The molecule has 1 heterocycles. The minimum Gasteiger partial charge on any atom is -0.352 e. The molecule has 5 heteroatoms. The summed E-state index contributed by atoms with van der Waals surface area (Å²) < 4.78 is 1.58. The molecule has 1 aromatic heterocycles. The first-order chi connectivity index (χ1) is 12.0. The Morgan fingerprint density at radius 2 is 1.84 bits per heavy atom. The summed E-state index contributed by atoms with van der Waals surface area (Å²) in [6.45, 7) is 5.18. The number of amides is 1. The van der Waals surface area contributed by atoms with Gasteiger partial charge in [0.1, 0.15) is 0 Å². The van der Waals surface area contributed by atoms with E-state index in [9.17, 15) is 9.59 Å². The summed E-state index contributed by atoms with van der Waals surface area (Å²) in [5.74, 6) is 0.334. The van der Waals surface area contributed by atoms with Gasteiger partial charge in [-0.05, 0) is 35.7 Å². The molecule has 0 bridgehead atoms. The van der Waals surface area contributed by atoms with E-state index in [1.807, 2.05) is 30.3 Å². The zero-order chi connectivity index (χ0) is 17.8. The molecule has 1 N–H and O–H groups in total. The van der Waals surface area contributed by atoms with E-state index in [1.54, 1.807) is 29.1 Å². The van der Waals surface area contributed by atoms with Crippen LogP contribution in [-0.2, 0) is 6.54 Å². The van der Waals surface area contributed by atoms with Crippen LogP contribution in [0.1, 0.15) is 29.8 Å². The number of hydrogen-bond donors (Lipinski definition) is 1. The molecule has 0 atom stereocenters. The second-order valence-electron chi connectivity index (χ2n) is 6.50. The Kier molecular flexibility index (Phi) is 4.93. The van der Waals surface area contributed by atoms with Crippen molar-refractivity contribution in [2.75, 3.05) is 6.54 Å². The van der Waals surface area contributed by atoms with Crippen molar-refractivity contribution < 1.29 is 4.79 Å². The van der Waals surface area contributed by atoms with Gasteiger partial charge in [0.05, 0.1) is 23.8 Å². The Balaban J connectivity index is 1.77. The summed E-state index contributed by atoms with van der Waals surface area (Å²) in [6.07, 6.45) is 1.56. The average Bonchev–Trinajstić information content (AvgIpc) is 2.63. The molecule has 5 nitrogen and oxygen atoms in total. The summed E-state index contributed by atoms with van der Waals surface area (Å²) in [4.78, 5) is 28.9. The average molecular weight is 335 g/mol. The van der Waals surface area contributed by atoms with Crippen molar-refractivity contribution in [2.45, 2.75) is 20.4 Å². The zero-order valence-electron chi connectivity index (χ0n) is 14.4. The maximum atomic E-state index is 12.5. The molecule has 128 valence electrons. The van der Waals surface area contributed by atoms with Crippen LogP contribution in [0.4, 0.5) is 0 Å². The Labute approximate surface area is 146 Å². The molecule has 2 aromatic carbocycles. The lowest BCUT2D eigenvalue weighted by molar-refractivity contribution is 0.0949. The number of rotatable bonds is 5. The fraction of sp³-hybridized carbons (Fsp3) is 0.250. The normalized spacial score (nSPS) is 11.0. The molecule has 0 aliphatic rings. The van der Waals surface area contributed by atoms with Crippen molar-refractivity contribution >= 4 is 16.8 Å². The predicted molar refractivity (Wildman–Crippen MR) is 98.7 cm³/mol. The summed E-state index contributed by atoms with van der Waals surface area (Å²) in [7, 11) is 0.